The number of aliphatic hydroxyl groups excluding tert-OH is 1. The van der Waals surface area contributed by atoms with Crippen molar-refractivity contribution < 1.29 is 9.84 Å². The first-order valence-corrected chi connectivity index (χ1v) is 5.14. The summed E-state index contributed by atoms with van der Waals surface area (Å²) in [6.45, 7) is 6.42. The molecule has 2 N–H and O–H groups in total. The van der Waals surface area contributed by atoms with Crippen molar-refractivity contribution in [2.24, 2.45) is 0 Å². The Morgan fingerprint density at radius 1 is 1.38 bits per heavy atom. The fraction of sp³-hybridized carbons (Fsp3) is 1.00. The molecule has 1 unspecified atom stereocenters. The summed E-state index contributed by atoms with van der Waals surface area (Å²) in [6.07, 6.45) is 2.78. The second kappa shape index (κ2) is 4.94. The number of rotatable bonds is 3. The average molecular weight is 187 g/mol. The Morgan fingerprint density at radius 2 is 1.92 bits per heavy atom. The van der Waals surface area contributed by atoms with E-state index in [1.807, 2.05) is 6.92 Å². The smallest absolute Gasteiger partial charge is 0.0582 e. The molecule has 0 saturated carbocycles. The van der Waals surface area contributed by atoms with Crippen LogP contribution in [0.2, 0.25) is 0 Å². The number of nitrogens with one attached hydrogen (secondary N) is 1. The number of hydrogen-bond donors (Lipinski definition) is 2. The summed E-state index contributed by atoms with van der Waals surface area (Å²) in [6, 6.07) is 0.698. The Hall–Kier alpha value is -0.120. The maximum absolute atomic E-state index is 8.90. The molecule has 1 aliphatic rings. The first kappa shape index (κ1) is 11.0. The molecule has 1 heterocycles. The van der Waals surface area contributed by atoms with Crippen LogP contribution in [0.15, 0.2) is 0 Å². The van der Waals surface area contributed by atoms with Crippen LogP contribution in [0.4, 0.5) is 0 Å². The highest BCUT2D eigenvalue weighted by atomic mass is 16.5. The molecule has 78 valence electrons. The molecule has 0 spiro atoms. The van der Waals surface area contributed by atoms with Crippen LogP contribution >= 0.6 is 0 Å². The molecule has 1 aliphatic heterocycles. The standard InChI is InChI=1S/C10H21NO2/c1-7(6-12)11-10-4-8(2)13-9(3)5-10/h7-12H,4-6H2,1-3H3/t7-,8-,9+,10?/m1/s1. The van der Waals surface area contributed by atoms with Gasteiger partial charge in [0.1, 0.15) is 0 Å². The lowest BCUT2D eigenvalue weighted by Gasteiger charge is -2.34. The quantitative estimate of drug-likeness (QED) is 0.690. The molecule has 3 heteroatoms. The van der Waals surface area contributed by atoms with Crippen molar-refractivity contribution in [3.63, 3.8) is 0 Å². The highest BCUT2D eigenvalue weighted by Crippen LogP contribution is 2.19. The van der Waals surface area contributed by atoms with Crippen molar-refractivity contribution in [1.29, 1.82) is 0 Å². The van der Waals surface area contributed by atoms with Gasteiger partial charge in [0.25, 0.3) is 0 Å². The van der Waals surface area contributed by atoms with Crippen LogP contribution in [0.5, 0.6) is 0 Å². The van der Waals surface area contributed by atoms with Crippen molar-refractivity contribution >= 4 is 0 Å². The molecule has 13 heavy (non-hydrogen) atoms. The predicted octanol–water partition coefficient (Wildman–Crippen LogP) is 0.913. The monoisotopic (exact) mass is 187 g/mol. The SMILES string of the molecule is C[C@H](CO)NC1C[C@@H](C)O[C@@H](C)C1. The zero-order valence-electron chi connectivity index (χ0n) is 8.79. The van der Waals surface area contributed by atoms with Crippen LogP contribution < -0.4 is 5.32 Å². The Balaban J connectivity index is 2.32. The van der Waals surface area contributed by atoms with E-state index in [0.29, 0.717) is 18.2 Å². The zero-order chi connectivity index (χ0) is 9.84. The molecule has 0 bridgehead atoms. The first-order chi connectivity index (χ1) is 6.11. The van der Waals surface area contributed by atoms with Gasteiger partial charge in [-0.2, -0.15) is 0 Å². The maximum atomic E-state index is 8.90. The summed E-state index contributed by atoms with van der Waals surface area (Å²) in [7, 11) is 0. The Bertz CT molecular complexity index is 142. The number of ether oxygens (including phenoxy) is 1. The van der Waals surface area contributed by atoms with Crippen LogP contribution in [-0.2, 0) is 4.74 Å². The molecule has 3 nitrogen and oxygen atoms in total. The van der Waals surface area contributed by atoms with Crippen LogP contribution in [0.3, 0.4) is 0 Å². The first-order valence-electron chi connectivity index (χ1n) is 5.14. The molecule has 0 amide bonds. The minimum Gasteiger partial charge on any atom is -0.395 e. The minimum atomic E-state index is 0.197. The summed E-state index contributed by atoms with van der Waals surface area (Å²) < 4.78 is 5.63. The molecular formula is C10H21NO2. The van der Waals surface area contributed by atoms with Gasteiger partial charge in [-0.15, -0.1) is 0 Å². The lowest BCUT2D eigenvalue weighted by Crippen LogP contribution is -2.45. The maximum Gasteiger partial charge on any atom is 0.0582 e. The fourth-order valence-electron chi connectivity index (χ4n) is 2.00. The van der Waals surface area contributed by atoms with Crippen LogP contribution in [-0.4, -0.2) is 36.0 Å². The van der Waals surface area contributed by atoms with Crippen molar-refractivity contribution in [2.75, 3.05) is 6.61 Å². The van der Waals surface area contributed by atoms with E-state index in [0.717, 1.165) is 12.8 Å². The summed E-state index contributed by atoms with van der Waals surface area (Å²) in [4.78, 5) is 0. The molecule has 0 aliphatic carbocycles. The Kier molecular flexibility index (Phi) is 4.16. The molecule has 1 saturated heterocycles. The van der Waals surface area contributed by atoms with Crippen molar-refractivity contribution in [3.8, 4) is 0 Å². The van der Waals surface area contributed by atoms with Gasteiger partial charge in [0.2, 0.25) is 0 Å². The van der Waals surface area contributed by atoms with Gasteiger partial charge < -0.3 is 15.2 Å². The van der Waals surface area contributed by atoms with Gasteiger partial charge in [0.05, 0.1) is 18.8 Å². The van der Waals surface area contributed by atoms with E-state index in [2.05, 4.69) is 19.2 Å². The predicted molar refractivity (Wildman–Crippen MR) is 52.7 cm³/mol. The van der Waals surface area contributed by atoms with E-state index in [1.165, 1.54) is 0 Å². The lowest BCUT2D eigenvalue weighted by molar-refractivity contribution is -0.0440. The third-order valence-corrected chi connectivity index (χ3v) is 2.49. The molecule has 0 radical (unpaired) electrons. The normalized spacial score (nSPS) is 37.4. The lowest BCUT2D eigenvalue weighted by atomic mass is 9.99. The summed E-state index contributed by atoms with van der Waals surface area (Å²) >= 11 is 0. The third-order valence-electron chi connectivity index (χ3n) is 2.49. The van der Waals surface area contributed by atoms with Crippen molar-refractivity contribution in [2.45, 2.75) is 57.9 Å². The topological polar surface area (TPSA) is 41.5 Å². The van der Waals surface area contributed by atoms with Gasteiger partial charge in [0.15, 0.2) is 0 Å². The second-order valence-corrected chi connectivity index (χ2v) is 4.18. The highest BCUT2D eigenvalue weighted by molar-refractivity contribution is 4.80. The minimum absolute atomic E-state index is 0.197. The van der Waals surface area contributed by atoms with Gasteiger partial charge in [0, 0.05) is 12.1 Å². The zero-order valence-corrected chi connectivity index (χ0v) is 8.79. The van der Waals surface area contributed by atoms with Crippen molar-refractivity contribution in [3.05, 3.63) is 0 Å². The van der Waals surface area contributed by atoms with E-state index in [9.17, 15) is 0 Å². The summed E-state index contributed by atoms with van der Waals surface area (Å²) in [5.74, 6) is 0. The van der Waals surface area contributed by atoms with Gasteiger partial charge in [-0.05, 0) is 33.6 Å². The molecular weight excluding hydrogens is 166 g/mol. The largest absolute Gasteiger partial charge is 0.395 e. The molecule has 1 rings (SSSR count). The summed E-state index contributed by atoms with van der Waals surface area (Å²) in [5.41, 5.74) is 0. The molecule has 0 aromatic heterocycles. The van der Waals surface area contributed by atoms with E-state index in [1.54, 1.807) is 0 Å². The van der Waals surface area contributed by atoms with E-state index in [-0.39, 0.29) is 12.6 Å². The van der Waals surface area contributed by atoms with Crippen LogP contribution in [0.25, 0.3) is 0 Å². The van der Waals surface area contributed by atoms with E-state index in [4.69, 9.17) is 9.84 Å². The second-order valence-electron chi connectivity index (χ2n) is 4.18. The van der Waals surface area contributed by atoms with E-state index >= 15 is 0 Å². The van der Waals surface area contributed by atoms with E-state index < -0.39 is 0 Å². The Labute approximate surface area is 80.5 Å². The molecule has 0 aromatic carbocycles. The van der Waals surface area contributed by atoms with Gasteiger partial charge in [-0.1, -0.05) is 0 Å². The molecule has 0 aromatic rings. The number of aliphatic hydroxyl groups is 1. The van der Waals surface area contributed by atoms with Crippen LogP contribution in [0.1, 0.15) is 33.6 Å². The summed E-state index contributed by atoms with van der Waals surface area (Å²) in [5, 5.41) is 12.3. The third kappa shape index (κ3) is 3.63. The van der Waals surface area contributed by atoms with Crippen LogP contribution in [0, 0.1) is 0 Å². The molecule has 1 fully saturated rings. The van der Waals surface area contributed by atoms with Gasteiger partial charge in [-0.3, -0.25) is 0 Å². The van der Waals surface area contributed by atoms with Gasteiger partial charge >= 0.3 is 0 Å². The fourth-order valence-corrected chi connectivity index (χ4v) is 2.00. The van der Waals surface area contributed by atoms with Gasteiger partial charge in [-0.25, -0.2) is 0 Å². The van der Waals surface area contributed by atoms with Crippen molar-refractivity contribution in [1.82, 2.24) is 5.32 Å². The molecule has 4 atom stereocenters. The number of hydrogen-bond acceptors (Lipinski definition) is 3. The highest BCUT2D eigenvalue weighted by Gasteiger charge is 2.24. The average Bonchev–Trinajstić information content (AvgIpc) is 2.02. The Morgan fingerprint density at radius 3 is 2.38 bits per heavy atom.